The Balaban J connectivity index is 1.64. The summed E-state index contributed by atoms with van der Waals surface area (Å²) < 4.78 is 0. The van der Waals surface area contributed by atoms with E-state index in [0.717, 1.165) is 36.1 Å². The van der Waals surface area contributed by atoms with Gasteiger partial charge in [-0.15, -0.1) is 0 Å². The fourth-order valence-corrected chi connectivity index (χ4v) is 2.63. The minimum Gasteiger partial charge on any atom is -0.311 e. The number of anilines is 1. The molecule has 2 saturated carbocycles. The van der Waals surface area contributed by atoms with Crippen molar-refractivity contribution < 1.29 is 4.79 Å². The van der Waals surface area contributed by atoms with Crippen molar-refractivity contribution in [2.24, 2.45) is 17.8 Å². The zero-order valence-corrected chi connectivity index (χ0v) is 8.79. The number of amides is 1. The first kappa shape index (κ1) is 8.95. The largest absolute Gasteiger partial charge is 0.311 e. The predicted molar refractivity (Wildman–Crippen MR) is 56.3 cm³/mol. The number of nitrogens with one attached hydrogen (secondary N) is 2. The number of aryl methyl sites for hydroxylation is 1. The fourth-order valence-electron chi connectivity index (χ4n) is 2.63. The van der Waals surface area contributed by atoms with Gasteiger partial charge in [-0.3, -0.25) is 9.89 Å². The summed E-state index contributed by atoms with van der Waals surface area (Å²) in [5.74, 6) is 2.85. The molecule has 0 aliphatic heterocycles. The van der Waals surface area contributed by atoms with E-state index >= 15 is 0 Å². The maximum absolute atomic E-state index is 11.9. The summed E-state index contributed by atoms with van der Waals surface area (Å²) in [6.45, 7) is 1.94. The Labute approximate surface area is 88.4 Å². The molecular weight excluding hydrogens is 190 g/mol. The molecule has 80 valence electrons. The van der Waals surface area contributed by atoms with E-state index in [0.29, 0.717) is 0 Å². The van der Waals surface area contributed by atoms with Crippen molar-refractivity contribution in [3.05, 3.63) is 11.8 Å². The number of nitrogens with zero attached hydrogens (tertiary/aromatic N) is 1. The first-order valence-electron chi connectivity index (χ1n) is 5.55. The van der Waals surface area contributed by atoms with Crippen molar-refractivity contribution in [3.63, 3.8) is 0 Å². The first-order chi connectivity index (χ1) is 7.24. The van der Waals surface area contributed by atoms with Gasteiger partial charge in [-0.1, -0.05) is 0 Å². The average Bonchev–Trinajstić information content (AvgIpc) is 2.64. The van der Waals surface area contributed by atoms with E-state index in [9.17, 15) is 4.79 Å². The van der Waals surface area contributed by atoms with E-state index in [1.54, 1.807) is 6.20 Å². The molecule has 0 aromatic carbocycles. The van der Waals surface area contributed by atoms with Gasteiger partial charge in [0.25, 0.3) is 0 Å². The SMILES string of the molecule is Cc1cn[nH]c1NC(=O)C1CC2CC2C1. The van der Waals surface area contributed by atoms with Gasteiger partial charge in [-0.25, -0.2) is 0 Å². The second-order valence-corrected chi connectivity index (χ2v) is 4.84. The second kappa shape index (κ2) is 3.08. The lowest BCUT2D eigenvalue weighted by Crippen LogP contribution is -2.22. The first-order valence-corrected chi connectivity index (χ1v) is 5.55. The number of aromatic amines is 1. The molecule has 2 unspecified atom stereocenters. The van der Waals surface area contributed by atoms with Crippen molar-refractivity contribution >= 4 is 11.7 Å². The Morgan fingerprint density at radius 3 is 2.80 bits per heavy atom. The van der Waals surface area contributed by atoms with E-state index in [4.69, 9.17) is 0 Å². The fraction of sp³-hybridized carbons (Fsp3) is 0.636. The average molecular weight is 205 g/mol. The lowest BCUT2D eigenvalue weighted by atomic mass is 10.0. The zero-order chi connectivity index (χ0) is 10.4. The number of hydrogen-bond donors (Lipinski definition) is 2. The number of carbonyl (C=O) groups is 1. The standard InChI is InChI=1S/C11H15N3O/c1-6-5-12-14-10(6)13-11(15)9-3-7-2-8(7)4-9/h5,7-9H,2-4H2,1H3,(H2,12,13,14,15). The van der Waals surface area contributed by atoms with Crippen molar-refractivity contribution in [1.29, 1.82) is 0 Å². The van der Waals surface area contributed by atoms with E-state index in [1.807, 2.05) is 6.92 Å². The summed E-state index contributed by atoms with van der Waals surface area (Å²) in [4.78, 5) is 11.9. The van der Waals surface area contributed by atoms with Gasteiger partial charge in [0, 0.05) is 11.5 Å². The lowest BCUT2D eigenvalue weighted by molar-refractivity contribution is -0.120. The quantitative estimate of drug-likeness (QED) is 0.772. The molecule has 0 saturated heterocycles. The third kappa shape index (κ3) is 1.54. The van der Waals surface area contributed by atoms with Gasteiger partial charge in [0.15, 0.2) is 0 Å². The molecule has 1 aromatic rings. The van der Waals surface area contributed by atoms with Gasteiger partial charge in [0.1, 0.15) is 5.82 Å². The molecular formula is C11H15N3O. The predicted octanol–water partition coefficient (Wildman–Crippen LogP) is 1.70. The minimum atomic E-state index is 0.162. The van der Waals surface area contributed by atoms with E-state index < -0.39 is 0 Å². The van der Waals surface area contributed by atoms with Crippen molar-refractivity contribution in [2.75, 3.05) is 5.32 Å². The molecule has 15 heavy (non-hydrogen) atoms. The van der Waals surface area contributed by atoms with Gasteiger partial charge < -0.3 is 5.32 Å². The molecule has 3 rings (SSSR count). The van der Waals surface area contributed by atoms with Crippen LogP contribution < -0.4 is 5.32 Å². The second-order valence-electron chi connectivity index (χ2n) is 4.84. The van der Waals surface area contributed by atoms with Gasteiger partial charge in [-0.2, -0.15) is 5.10 Å². The lowest BCUT2D eigenvalue weighted by Gasteiger charge is -2.11. The highest BCUT2D eigenvalue weighted by molar-refractivity contribution is 5.92. The van der Waals surface area contributed by atoms with Crippen LogP contribution in [0.4, 0.5) is 5.82 Å². The third-order valence-electron chi connectivity index (χ3n) is 3.69. The maximum Gasteiger partial charge on any atom is 0.228 e. The van der Waals surface area contributed by atoms with Crippen LogP contribution in [-0.2, 0) is 4.79 Å². The highest BCUT2D eigenvalue weighted by Crippen LogP contribution is 2.54. The highest BCUT2D eigenvalue weighted by atomic mass is 16.2. The normalized spacial score (nSPS) is 32.5. The van der Waals surface area contributed by atoms with E-state index in [2.05, 4.69) is 15.5 Å². The van der Waals surface area contributed by atoms with Gasteiger partial charge >= 0.3 is 0 Å². The van der Waals surface area contributed by atoms with Crippen molar-refractivity contribution in [3.8, 4) is 0 Å². The smallest absolute Gasteiger partial charge is 0.228 e. The maximum atomic E-state index is 11.9. The van der Waals surface area contributed by atoms with Crippen LogP contribution in [0.2, 0.25) is 0 Å². The van der Waals surface area contributed by atoms with Gasteiger partial charge in [0.2, 0.25) is 5.91 Å². The molecule has 4 nitrogen and oxygen atoms in total. The molecule has 4 heteroatoms. The Kier molecular flexibility index (Phi) is 1.84. The Morgan fingerprint density at radius 2 is 2.20 bits per heavy atom. The Bertz CT molecular complexity index is 388. The number of fused-ring (bicyclic) bond motifs is 1. The van der Waals surface area contributed by atoms with E-state index in [1.165, 1.54) is 6.42 Å². The topological polar surface area (TPSA) is 57.8 Å². The van der Waals surface area contributed by atoms with Crippen molar-refractivity contribution in [2.45, 2.75) is 26.2 Å². The monoisotopic (exact) mass is 205 g/mol. The molecule has 0 bridgehead atoms. The number of aromatic nitrogens is 2. The van der Waals surface area contributed by atoms with Crippen LogP contribution in [0.25, 0.3) is 0 Å². The zero-order valence-electron chi connectivity index (χ0n) is 8.79. The summed E-state index contributed by atoms with van der Waals surface area (Å²) in [7, 11) is 0. The minimum absolute atomic E-state index is 0.162. The highest BCUT2D eigenvalue weighted by Gasteiger charge is 2.48. The molecule has 1 aromatic heterocycles. The summed E-state index contributed by atoms with van der Waals surface area (Å²) in [5.41, 5.74) is 0.992. The summed E-state index contributed by atoms with van der Waals surface area (Å²) in [6, 6.07) is 0. The van der Waals surface area contributed by atoms with Crippen LogP contribution in [0, 0.1) is 24.7 Å². The summed E-state index contributed by atoms with van der Waals surface area (Å²) in [5, 5.41) is 9.60. The van der Waals surface area contributed by atoms with Crippen LogP contribution in [0.3, 0.4) is 0 Å². The van der Waals surface area contributed by atoms with Gasteiger partial charge in [0.05, 0.1) is 6.20 Å². The third-order valence-corrected chi connectivity index (χ3v) is 3.69. The number of H-pyrrole nitrogens is 1. The number of hydrogen-bond acceptors (Lipinski definition) is 2. The Morgan fingerprint density at radius 1 is 1.47 bits per heavy atom. The molecule has 2 N–H and O–H groups in total. The molecule has 0 spiro atoms. The van der Waals surface area contributed by atoms with Crippen LogP contribution in [0.1, 0.15) is 24.8 Å². The molecule has 2 aliphatic carbocycles. The molecule has 1 heterocycles. The van der Waals surface area contributed by atoms with Crippen LogP contribution in [0.5, 0.6) is 0 Å². The molecule has 2 atom stereocenters. The van der Waals surface area contributed by atoms with Crippen molar-refractivity contribution in [1.82, 2.24) is 10.2 Å². The van der Waals surface area contributed by atoms with Crippen LogP contribution >= 0.6 is 0 Å². The number of rotatable bonds is 2. The van der Waals surface area contributed by atoms with E-state index in [-0.39, 0.29) is 11.8 Å². The van der Waals surface area contributed by atoms with Crippen LogP contribution in [0.15, 0.2) is 6.20 Å². The molecule has 2 fully saturated rings. The summed E-state index contributed by atoms with van der Waals surface area (Å²) >= 11 is 0. The van der Waals surface area contributed by atoms with Crippen LogP contribution in [-0.4, -0.2) is 16.1 Å². The summed E-state index contributed by atoms with van der Waals surface area (Å²) in [6.07, 6.45) is 5.25. The molecule has 0 radical (unpaired) electrons. The Hall–Kier alpha value is -1.32. The molecule has 1 amide bonds. The van der Waals surface area contributed by atoms with Gasteiger partial charge in [-0.05, 0) is 38.0 Å². The number of carbonyl (C=O) groups excluding carboxylic acids is 1. The molecule has 2 aliphatic rings.